The van der Waals surface area contributed by atoms with E-state index in [1.54, 1.807) is 0 Å². The molecular weight excluding hydrogens is 158 g/mol. The Morgan fingerprint density at radius 2 is 1.31 bits per heavy atom. The van der Waals surface area contributed by atoms with E-state index in [0.717, 1.165) is 35.5 Å². The lowest BCUT2D eigenvalue weighted by molar-refractivity contribution is -0.0355. The number of allylic oxidation sites excluding steroid dienone is 2. The smallest absolute Gasteiger partial charge is 0.00113 e. The van der Waals surface area contributed by atoms with Gasteiger partial charge in [-0.3, -0.25) is 0 Å². The molecule has 0 aromatic carbocycles. The molecule has 2 saturated carbocycles. The molecule has 1 N–H and O–H groups in total. The highest BCUT2D eigenvalue weighted by molar-refractivity contribution is 5.19. The molecule has 70 valence electrons. The summed E-state index contributed by atoms with van der Waals surface area (Å²) >= 11 is 0. The zero-order valence-electron chi connectivity index (χ0n) is 7.95. The van der Waals surface area contributed by atoms with Crippen LogP contribution in [-0.2, 0) is 0 Å². The summed E-state index contributed by atoms with van der Waals surface area (Å²) in [4.78, 5) is 0. The van der Waals surface area contributed by atoms with Crippen molar-refractivity contribution in [2.45, 2.75) is 12.8 Å². The fourth-order valence-corrected chi connectivity index (χ4v) is 4.53. The third kappa shape index (κ3) is 0.698. The van der Waals surface area contributed by atoms with E-state index in [2.05, 4.69) is 17.5 Å². The van der Waals surface area contributed by atoms with Crippen molar-refractivity contribution in [3.8, 4) is 0 Å². The second-order valence-electron chi connectivity index (χ2n) is 5.43. The summed E-state index contributed by atoms with van der Waals surface area (Å²) in [5.74, 6) is 6.13. The third-order valence-corrected chi connectivity index (χ3v) is 5.23. The van der Waals surface area contributed by atoms with Crippen LogP contribution < -0.4 is 5.32 Å². The Kier molecular flexibility index (Phi) is 1.19. The summed E-state index contributed by atoms with van der Waals surface area (Å²) in [6.07, 6.45) is 8.16. The van der Waals surface area contributed by atoms with Crippen molar-refractivity contribution in [2.75, 3.05) is 13.1 Å². The minimum absolute atomic E-state index is 0.962. The van der Waals surface area contributed by atoms with Crippen LogP contribution in [0.3, 0.4) is 0 Å². The normalized spacial score (nSPS) is 61.5. The first-order valence-electron chi connectivity index (χ1n) is 5.84. The van der Waals surface area contributed by atoms with Gasteiger partial charge in [-0.1, -0.05) is 12.2 Å². The van der Waals surface area contributed by atoms with Crippen LogP contribution in [0, 0.1) is 35.5 Å². The van der Waals surface area contributed by atoms with Crippen LogP contribution in [0.25, 0.3) is 0 Å². The first-order valence-corrected chi connectivity index (χ1v) is 5.84. The van der Waals surface area contributed by atoms with E-state index in [1.807, 2.05) is 0 Å². The van der Waals surface area contributed by atoms with Crippen LogP contribution in [0.15, 0.2) is 12.2 Å². The molecule has 2 bridgehead atoms. The van der Waals surface area contributed by atoms with E-state index < -0.39 is 0 Å². The lowest BCUT2D eigenvalue weighted by Crippen LogP contribution is -2.52. The van der Waals surface area contributed by atoms with Crippen molar-refractivity contribution >= 4 is 0 Å². The highest BCUT2D eigenvalue weighted by Crippen LogP contribution is 2.59. The Morgan fingerprint density at radius 3 is 1.77 bits per heavy atom. The quantitative estimate of drug-likeness (QED) is 0.552. The van der Waals surface area contributed by atoms with Gasteiger partial charge < -0.3 is 5.32 Å². The molecule has 3 fully saturated rings. The predicted molar refractivity (Wildman–Crippen MR) is 52.2 cm³/mol. The van der Waals surface area contributed by atoms with Crippen molar-refractivity contribution in [3.63, 3.8) is 0 Å². The van der Waals surface area contributed by atoms with Crippen molar-refractivity contribution in [2.24, 2.45) is 35.5 Å². The first kappa shape index (κ1) is 7.05. The molecule has 6 unspecified atom stereocenters. The molecule has 1 heterocycles. The number of nitrogens with one attached hydrogen (secondary N) is 1. The zero-order chi connectivity index (χ0) is 8.41. The highest BCUT2D eigenvalue weighted by atomic mass is 14.9. The number of hydrogen-bond acceptors (Lipinski definition) is 1. The van der Waals surface area contributed by atoms with Crippen LogP contribution >= 0.6 is 0 Å². The van der Waals surface area contributed by atoms with Crippen LogP contribution in [0.4, 0.5) is 0 Å². The van der Waals surface area contributed by atoms with Gasteiger partial charge in [-0.15, -0.1) is 0 Å². The van der Waals surface area contributed by atoms with Gasteiger partial charge in [0.2, 0.25) is 0 Å². The Bertz CT molecular complexity index is 244. The molecule has 6 atom stereocenters. The van der Waals surface area contributed by atoms with E-state index in [0.29, 0.717) is 0 Å². The van der Waals surface area contributed by atoms with Gasteiger partial charge in [-0.2, -0.15) is 0 Å². The molecule has 1 heteroatoms. The van der Waals surface area contributed by atoms with Gasteiger partial charge in [0.15, 0.2) is 0 Å². The molecule has 5 rings (SSSR count). The van der Waals surface area contributed by atoms with Crippen LogP contribution in [0.1, 0.15) is 12.8 Å². The Balaban J connectivity index is 1.79. The van der Waals surface area contributed by atoms with Crippen LogP contribution in [-0.4, -0.2) is 13.1 Å². The highest BCUT2D eigenvalue weighted by Gasteiger charge is 2.55. The van der Waals surface area contributed by atoms with Gasteiger partial charge >= 0.3 is 0 Å². The average Bonchev–Trinajstić information content (AvgIpc) is 2.53. The largest absolute Gasteiger partial charge is 0.316 e. The molecule has 0 radical (unpaired) electrons. The van der Waals surface area contributed by atoms with Gasteiger partial charge in [-0.25, -0.2) is 0 Å². The number of rotatable bonds is 0. The summed E-state index contributed by atoms with van der Waals surface area (Å²) < 4.78 is 0. The zero-order valence-corrected chi connectivity index (χ0v) is 7.95. The predicted octanol–water partition coefficient (Wildman–Crippen LogP) is 1.66. The molecule has 1 nitrogen and oxygen atoms in total. The standard InChI is InChI=1S/C12H17N/c1-2-8-7(1)9-3-4-10(8)12-6-13-5-11(9)12/h3-4,7-13H,1-2,5-6H2. The molecule has 4 aliphatic carbocycles. The summed E-state index contributed by atoms with van der Waals surface area (Å²) in [6, 6.07) is 0. The first-order chi connectivity index (χ1) is 6.45. The lowest BCUT2D eigenvalue weighted by atomic mass is 9.47. The minimum Gasteiger partial charge on any atom is -0.316 e. The maximum absolute atomic E-state index is 3.59. The van der Waals surface area contributed by atoms with E-state index in [-0.39, 0.29) is 0 Å². The second-order valence-corrected chi connectivity index (χ2v) is 5.43. The molecule has 1 aliphatic heterocycles. The molecular formula is C12H17N. The maximum atomic E-state index is 3.59. The van der Waals surface area contributed by atoms with E-state index in [9.17, 15) is 0 Å². The molecule has 1 saturated heterocycles. The van der Waals surface area contributed by atoms with Crippen molar-refractivity contribution in [3.05, 3.63) is 12.2 Å². The Morgan fingerprint density at radius 1 is 0.769 bits per heavy atom. The van der Waals surface area contributed by atoms with Gasteiger partial charge in [0.25, 0.3) is 0 Å². The second kappa shape index (κ2) is 2.20. The summed E-state index contributed by atoms with van der Waals surface area (Å²) in [7, 11) is 0. The fraction of sp³-hybridized carbons (Fsp3) is 0.833. The van der Waals surface area contributed by atoms with Crippen molar-refractivity contribution < 1.29 is 0 Å². The molecule has 0 aromatic rings. The molecule has 0 amide bonds. The van der Waals surface area contributed by atoms with Gasteiger partial charge in [0, 0.05) is 0 Å². The van der Waals surface area contributed by atoms with E-state index in [4.69, 9.17) is 0 Å². The lowest BCUT2D eigenvalue weighted by Gasteiger charge is -2.57. The summed E-state index contributed by atoms with van der Waals surface area (Å²) in [5.41, 5.74) is 0. The van der Waals surface area contributed by atoms with E-state index >= 15 is 0 Å². The van der Waals surface area contributed by atoms with Gasteiger partial charge in [-0.05, 0) is 61.4 Å². The third-order valence-electron chi connectivity index (χ3n) is 5.23. The topological polar surface area (TPSA) is 12.0 Å². The SMILES string of the molecule is C1=CC2C3CCC3C1C1CNCC21. The Labute approximate surface area is 79.6 Å². The van der Waals surface area contributed by atoms with Crippen molar-refractivity contribution in [1.82, 2.24) is 5.32 Å². The molecule has 0 aromatic heterocycles. The monoisotopic (exact) mass is 175 g/mol. The van der Waals surface area contributed by atoms with Crippen LogP contribution in [0.2, 0.25) is 0 Å². The van der Waals surface area contributed by atoms with Crippen molar-refractivity contribution in [1.29, 1.82) is 0 Å². The van der Waals surface area contributed by atoms with E-state index in [1.165, 1.54) is 25.9 Å². The fourth-order valence-electron chi connectivity index (χ4n) is 4.53. The molecule has 0 spiro atoms. The molecule has 5 aliphatic rings. The maximum Gasteiger partial charge on any atom is -0.00113 e. The summed E-state index contributed by atoms with van der Waals surface area (Å²) in [5, 5.41) is 3.59. The van der Waals surface area contributed by atoms with Gasteiger partial charge in [0.05, 0.1) is 0 Å². The summed E-state index contributed by atoms with van der Waals surface area (Å²) in [6.45, 7) is 2.61. The van der Waals surface area contributed by atoms with Crippen LogP contribution in [0.5, 0.6) is 0 Å². The number of hydrogen-bond donors (Lipinski definition) is 1. The average molecular weight is 175 g/mol. The van der Waals surface area contributed by atoms with Gasteiger partial charge in [0.1, 0.15) is 0 Å². The Hall–Kier alpha value is -0.300. The molecule has 13 heavy (non-hydrogen) atoms. The minimum atomic E-state index is 0.962.